The van der Waals surface area contributed by atoms with Crippen LogP contribution in [-0.4, -0.2) is 27.8 Å². The molecule has 6 nitrogen and oxygen atoms in total. The van der Waals surface area contributed by atoms with E-state index in [-0.39, 0.29) is 11.7 Å². The Kier molecular flexibility index (Phi) is 3.15. The van der Waals surface area contributed by atoms with Gasteiger partial charge in [0.2, 0.25) is 0 Å². The molecular formula is C14H16N4O2. The summed E-state index contributed by atoms with van der Waals surface area (Å²) in [7, 11) is 0. The lowest BCUT2D eigenvalue weighted by molar-refractivity contribution is 0.102. The summed E-state index contributed by atoms with van der Waals surface area (Å²) in [6.45, 7) is 3.39. The van der Waals surface area contributed by atoms with Gasteiger partial charge >= 0.3 is 0 Å². The molecular weight excluding hydrogens is 256 g/mol. The van der Waals surface area contributed by atoms with Crippen LogP contribution in [0.1, 0.15) is 27.3 Å². The molecule has 0 saturated heterocycles. The van der Waals surface area contributed by atoms with Crippen LogP contribution >= 0.6 is 0 Å². The number of fused-ring (bicyclic) bond motifs is 1. The van der Waals surface area contributed by atoms with Crippen molar-refractivity contribution in [1.82, 2.24) is 15.5 Å². The van der Waals surface area contributed by atoms with E-state index in [1.54, 1.807) is 12.1 Å². The van der Waals surface area contributed by atoms with Gasteiger partial charge in [0.15, 0.2) is 5.69 Å². The summed E-state index contributed by atoms with van der Waals surface area (Å²) in [5.41, 5.74) is 3.61. The number of aromatic hydroxyl groups is 1. The summed E-state index contributed by atoms with van der Waals surface area (Å²) in [5.74, 6) is -0.258. The van der Waals surface area contributed by atoms with Crippen LogP contribution in [0.2, 0.25) is 0 Å². The van der Waals surface area contributed by atoms with Crippen LogP contribution in [0, 0.1) is 6.92 Å². The minimum absolute atomic E-state index is 0.0564. The third-order valence-corrected chi connectivity index (χ3v) is 3.42. The number of aryl methyl sites for hydroxylation is 1. The fourth-order valence-corrected chi connectivity index (χ4v) is 2.34. The lowest BCUT2D eigenvalue weighted by atomic mass is 10.1. The van der Waals surface area contributed by atoms with Gasteiger partial charge in [0, 0.05) is 30.8 Å². The maximum atomic E-state index is 12.3. The maximum Gasteiger partial charge on any atom is 0.276 e. The predicted octanol–water partition coefficient (Wildman–Crippen LogP) is 1.32. The number of hydrogen-bond acceptors (Lipinski definition) is 4. The Balaban J connectivity index is 1.84. The number of hydrogen-bond donors (Lipinski definition) is 4. The van der Waals surface area contributed by atoms with Crippen molar-refractivity contribution in [3.63, 3.8) is 0 Å². The van der Waals surface area contributed by atoms with Gasteiger partial charge in [0.25, 0.3) is 5.91 Å². The van der Waals surface area contributed by atoms with E-state index in [1.807, 2.05) is 13.0 Å². The molecule has 4 N–H and O–H groups in total. The van der Waals surface area contributed by atoms with Gasteiger partial charge in [-0.15, -0.1) is 0 Å². The average Bonchev–Trinajstić information content (AvgIpc) is 2.86. The van der Waals surface area contributed by atoms with Gasteiger partial charge in [-0.1, -0.05) is 6.07 Å². The van der Waals surface area contributed by atoms with Gasteiger partial charge in [0.05, 0.1) is 5.69 Å². The molecule has 3 rings (SSSR count). The van der Waals surface area contributed by atoms with E-state index >= 15 is 0 Å². The van der Waals surface area contributed by atoms with Crippen molar-refractivity contribution in [1.29, 1.82) is 0 Å². The lowest BCUT2D eigenvalue weighted by Crippen LogP contribution is -2.25. The second-order valence-corrected chi connectivity index (χ2v) is 4.93. The van der Waals surface area contributed by atoms with Gasteiger partial charge in [-0.05, 0) is 24.6 Å². The van der Waals surface area contributed by atoms with Crippen LogP contribution in [0.5, 0.6) is 5.75 Å². The molecule has 0 bridgehead atoms. The first kappa shape index (κ1) is 12.7. The van der Waals surface area contributed by atoms with Gasteiger partial charge in [0.1, 0.15) is 5.75 Å². The van der Waals surface area contributed by atoms with Crippen LogP contribution in [0.4, 0.5) is 5.69 Å². The number of H-pyrrole nitrogens is 1. The molecule has 1 amide bonds. The van der Waals surface area contributed by atoms with Crippen molar-refractivity contribution < 1.29 is 9.90 Å². The van der Waals surface area contributed by atoms with Crippen LogP contribution in [0.3, 0.4) is 0 Å². The molecule has 0 fully saturated rings. The average molecular weight is 272 g/mol. The number of anilines is 1. The topological polar surface area (TPSA) is 90.0 Å². The molecule has 1 aliphatic rings. The molecule has 0 spiro atoms. The van der Waals surface area contributed by atoms with E-state index in [1.165, 1.54) is 0 Å². The Bertz CT molecular complexity index is 663. The summed E-state index contributed by atoms with van der Waals surface area (Å²) in [5, 5.41) is 22.7. The highest BCUT2D eigenvalue weighted by Crippen LogP contribution is 2.25. The SMILES string of the molecule is Cc1ccc(NC(=O)c2n[nH]c3c2CNCC3)c(O)c1. The molecule has 104 valence electrons. The number of carbonyl (C=O) groups is 1. The molecule has 2 aromatic rings. The van der Waals surface area contributed by atoms with E-state index in [9.17, 15) is 9.90 Å². The minimum Gasteiger partial charge on any atom is -0.506 e. The molecule has 1 aliphatic heterocycles. The van der Waals surface area contributed by atoms with Crippen LogP contribution in [0.15, 0.2) is 18.2 Å². The number of benzene rings is 1. The third kappa shape index (κ3) is 2.25. The second kappa shape index (κ2) is 4.97. The van der Waals surface area contributed by atoms with Crippen molar-refractivity contribution in [2.45, 2.75) is 19.9 Å². The zero-order valence-electron chi connectivity index (χ0n) is 11.2. The zero-order valence-corrected chi connectivity index (χ0v) is 11.2. The smallest absolute Gasteiger partial charge is 0.276 e. The minimum atomic E-state index is -0.314. The summed E-state index contributed by atoms with van der Waals surface area (Å²) >= 11 is 0. The van der Waals surface area contributed by atoms with E-state index in [4.69, 9.17) is 0 Å². The Morgan fingerprint density at radius 1 is 1.45 bits per heavy atom. The first-order valence-electron chi connectivity index (χ1n) is 6.53. The first-order chi connectivity index (χ1) is 9.65. The normalized spacial score (nSPS) is 13.8. The molecule has 0 radical (unpaired) electrons. The largest absolute Gasteiger partial charge is 0.506 e. The molecule has 0 atom stereocenters. The molecule has 0 unspecified atom stereocenters. The monoisotopic (exact) mass is 272 g/mol. The number of rotatable bonds is 2. The number of amides is 1. The third-order valence-electron chi connectivity index (χ3n) is 3.42. The van der Waals surface area contributed by atoms with E-state index in [2.05, 4.69) is 20.8 Å². The van der Waals surface area contributed by atoms with Crippen molar-refractivity contribution in [3.05, 3.63) is 40.7 Å². The standard InChI is InChI=1S/C14H16N4O2/c1-8-2-3-11(12(19)6-8)16-14(20)13-9-7-15-5-4-10(9)17-18-13/h2-3,6,15,19H,4-5,7H2,1H3,(H,16,20)(H,17,18). The van der Waals surface area contributed by atoms with E-state index in [0.29, 0.717) is 17.9 Å². The van der Waals surface area contributed by atoms with E-state index in [0.717, 1.165) is 29.8 Å². The van der Waals surface area contributed by atoms with Gasteiger partial charge in [-0.25, -0.2) is 0 Å². The molecule has 20 heavy (non-hydrogen) atoms. The van der Waals surface area contributed by atoms with Crippen molar-refractivity contribution in [2.24, 2.45) is 0 Å². The second-order valence-electron chi connectivity index (χ2n) is 4.93. The first-order valence-corrected chi connectivity index (χ1v) is 6.53. The summed E-state index contributed by atoms with van der Waals surface area (Å²) in [4.78, 5) is 12.3. The highest BCUT2D eigenvalue weighted by Gasteiger charge is 2.22. The fraction of sp³-hybridized carbons (Fsp3) is 0.286. The van der Waals surface area contributed by atoms with Gasteiger partial charge < -0.3 is 15.7 Å². The molecule has 0 aliphatic carbocycles. The number of aromatic nitrogens is 2. The summed E-state index contributed by atoms with van der Waals surface area (Å²) in [6, 6.07) is 5.12. The fourth-order valence-electron chi connectivity index (χ4n) is 2.34. The number of phenolic OH excluding ortho intramolecular Hbond substituents is 1. The van der Waals surface area contributed by atoms with Crippen molar-refractivity contribution in [3.8, 4) is 5.75 Å². The van der Waals surface area contributed by atoms with Gasteiger partial charge in [-0.2, -0.15) is 5.10 Å². The maximum absolute atomic E-state index is 12.3. The molecule has 0 saturated carbocycles. The highest BCUT2D eigenvalue weighted by molar-refractivity contribution is 6.04. The highest BCUT2D eigenvalue weighted by atomic mass is 16.3. The lowest BCUT2D eigenvalue weighted by Gasteiger charge is -2.13. The Hall–Kier alpha value is -2.34. The van der Waals surface area contributed by atoms with Crippen LogP contribution in [-0.2, 0) is 13.0 Å². The number of nitrogens with zero attached hydrogens (tertiary/aromatic N) is 1. The Morgan fingerprint density at radius 3 is 3.10 bits per heavy atom. The number of phenols is 1. The zero-order chi connectivity index (χ0) is 14.1. The van der Waals surface area contributed by atoms with Crippen LogP contribution < -0.4 is 10.6 Å². The Labute approximate surface area is 116 Å². The molecule has 2 heterocycles. The number of aromatic amines is 1. The van der Waals surface area contributed by atoms with Crippen molar-refractivity contribution in [2.75, 3.05) is 11.9 Å². The molecule has 1 aromatic carbocycles. The Morgan fingerprint density at radius 2 is 2.30 bits per heavy atom. The van der Waals surface area contributed by atoms with E-state index < -0.39 is 0 Å². The number of carbonyl (C=O) groups excluding carboxylic acids is 1. The molecule has 1 aromatic heterocycles. The van der Waals surface area contributed by atoms with Gasteiger partial charge in [-0.3, -0.25) is 9.89 Å². The van der Waals surface area contributed by atoms with Crippen molar-refractivity contribution >= 4 is 11.6 Å². The quantitative estimate of drug-likeness (QED) is 0.621. The summed E-state index contributed by atoms with van der Waals surface area (Å²) in [6.07, 6.45) is 0.839. The van der Waals surface area contributed by atoms with Crippen LogP contribution in [0.25, 0.3) is 0 Å². The number of nitrogens with one attached hydrogen (secondary N) is 3. The molecule has 6 heteroatoms. The predicted molar refractivity (Wildman–Crippen MR) is 74.8 cm³/mol. The summed E-state index contributed by atoms with van der Waals surface area (Å²) < 4.78 is 0.